The number of fused-ring (bicyclic) bond motifs is 1. The van der Waals surface area contributed by atoms with Gasteiger partial charge in [0.1, 0.15) is 23.8 Å². The standard InChI is InChI=1S/C15H23N5O/c1-8(2)6-17-15(21)11(5)20-10(4)9(3)12-13(16)18-7-19-14(12)20/h7-8,11H,6H2,1-5H3,(H,17,21)(H2,16,18,19). The molecule has 3 N–H and O–H groups in total. The van der Waals surface area contributed by atoms with Crippen molar-refractivity contribution < 1.29 is 4.79 Å². The third-order valence-corrected chi connectivity index (χ3v) is 3.82. The van der Waals surface area contributed by atoms with Crippen LogP contribution in [0.15, 0.2) is 6.33 Å². The number of hydrogen-bond donors (Lipinski definition) is 2. The molecule has 0 fully saturated rings. The number of hydrogen-bond acceptors (Lipinski definition) is 4. The van der Waals surface area contributed by atoms with Crippen LogP contribution in [-0.4, -0.2) is 27.0 Å². The Balaban J connectivity index is 2.44. The van der Waals surface area contributed by atoms with Crippen LogP contribution in [0.25, 0.3) is 11.0 Å². The van der Waals surface area contributed by atoms with Crippen LogP contribution in [-0.2, 0) is 4.79 Å². The second kappa shape index (κ2) is 5.71. The molecule has 0 aromatic carbocycles. The van der Waals surface area contributed by atoms with Crippen LogP contribution in [0, 0.1) is 19.8 Å². The first-order valence-corrected chi connectivity index (χ1v) is 7.19. The highest BCUT2D eigenvalue weighted by molar-refractivity contribution is 5.92. The van der Waals surface area contributed by atoms with E-state index in [1.807, 2.05) is 25.3 Å². The Bertz CT molecular complexity index is 674. The van der Waals surface area contributed by atoms with Gasteiger partial charge in [-0.25, -0.2) is 9.97 Å². The quantitative estimate of drug-likeness (QED) is 0.901. The summed E-state index contributed by atoms with van der Waals surface area (Å²) in [4.78, 5) is 20.7. The molecule has 1 amide bonds. The van der Waals surface area contributed by atoms with Crippen molar-refractivity contribution >= 4 is 22.8 Å². The summed E-state index contributed by atoms with van der Waals surface area (Å²) in [5, 5.41) is 3.79. The summed E-state index contributed by atoms with van der Waals surface area (Å²) >= 11 is 0. The van der Waals surface area contributed by atoms with Crippen LogP contribution in [0.5, 0.6) is 0 Å². The van der Waals surface area contributed by atoms with Crippen LogP contribution >= 0.6 is 0 Å². The minimum Gasteiger partial charge on any atom is -0.383 e. The highest BCUT2D eigenvalue weighted by Gasteiger charge is 2.23. The van der Waals surface area contributed by atoms with Crippen molar-refractivity contribution in [3.05, 3.63) is 17.6 Å². The normalized spacial score (nSPS) is 12.9. The topological polar surface area (TPSA) is 85.8 Å². The van der Waals surface area contributed by atoms with Gasteiger partial charge < -0.3 is 15.6 Å². The summed E-state index contributed by atoms with van der Waals surface area (Å²) < 4.78 is 1.93. The first-order valence-electron chi connectivity index (χ1n) is 7.19. The van der Waals surface area contributed by atoms with Crippen molar-refractivity contribution in [1.29, 1.82) is 0 Å². The van der Waals surface area contributed by atoms with Crippen LogP contribution in [0.4, 0.5) is 5.82 Å². The number of carbonyl (C=O) groups is 1. The van der Waals surface area contributed by atoms with Gasteiger partial charge in [-0.15, -0.1) is 0 Å². The summed E-state index contributed by atoms with van der Waals surface area (Å²) in [5.74, 6) is 0.860. The Morgan fingerprint density at radius 3 is 2.62 bits per heavy atom. The average Bonchev–Trinajstić information content (AvgIpc) is 2.68. The largest absolute Gasteiger partial charge is 0.383 e. The van der Waals surface area contributed by atoms with Gasteiger partial charge in [-0.1, -0.05) is 13.8 Å². The van der Waals surface area contributed by atoms with E-state index in [0.29, 0.717) is 23.9 Å². The highest BCUT2D eigenvalue weighted by atomic mass is 16.2. The summed E-state index contributed by atoms with van der Waals surface area (Å²) in [7, 11) is 0. The molecule has 0 saturated carbocycles. The fraction of sp³-hybridized carbons (Fsp3) is 0.533. The zero-order valence-corrected chi connectivity index (χ0v) is 13.3. The predicted molar refractivity (Wildman–Crippen MR) is 84.0 cm³/mol. The average molecular weight is 289 g/mol. The van der Waals surface area contributed by atoms with Gasteiger partial charge in [0.05, 0.1) is 5.39 Å². The molecule has 0 saturated heterocycles. The maximum atomic E-state index is 12.3. The summed E-state index contributed by atoms with van der Waals surface area (Å²) in [5.41, 5.74) is 8.67. The van der Waals surface area contributed by atoms with E-state index in [0.717, 1.165) is 16.6 Å². The van der Waals surface area contributed by atoms with E-state index < -0.39 is 0 Å². The molecule has 0 aliphatic rings. The number of anilines is 1. The Morgan fingerprint density at radius 2 is 2.00 bits per heavy atom. The Labute approximate surface area is 124 Å². The lowest BCUT2D eigenvalue weighted by molar-refractivity contribution is -0.123. The van der Waals surface area contributed by atoms with E-state index in [9.17, 15) is 4.79 Å². The third-order valence-electron chi connectivity index (χ3n) is 3.82. The van der Waals surface area contributed by atoms with Gasteiger partial charge in [0, 0.05) is 12.2 Å². The molecule has 2 heterocycles. The molecule has 0 spiro atoms. The second-order valence-electron chi connectivity index (χ2n) is 5.85. The number of aryl methyl sites for hydroxylation is 1. The third kappa shape index (κ3) is 2.70. The Kier molecular flexibility index (Phi) is 4.16. The molecular formula is C15H23N5O. The first-order chi connectivity index (χ1) is 9.84. The second-order valence-corrected chi connectivity index (χ2v) is 5.85. The highest BCUT2D eigenvalue weighted by Crippen LogP contribution is 2.29. The van der Waals surface area contributed by atoms with Gasteiger partial charge in [-0.3, -0.25) is 4.79 Å². The van der Waals surface area contributed by atoms with Crippen LogP contribution in [0.1, 0.15) is 38.1 Å². The molecule has 1 atom stereocenters. The molecule has 0 aliphatic heterocycles. The predicted octanol–water partition coefficient (Wildman–Crippen LogP) is 1.96. The number of carbonyl (C=O) groups excluding carboxylic acids is 1. The van der Waals surface area contributed by atoms with Gasteiger partial charge in [-0.05, 0) is 32.3 Å². The van der Waals surface area contributed by atoms with Gasteiger partial charge in [-0.2, -0.15) is 0 Å². The number of nitrogens with one attached hydrogen (secondary N) is 1. The van der Waals surface area contributed by atoms with Crippen molar-refractivity contribution in [3.8, 4) is 0 Å². The molecule has 2 aromatic heterocycles. The maximum absolute atomic E-state index is 12.3. The lowest BCUT2D eigenvalue weighted by atomic mass is 10.2. The monoisotopic (exact) mass is 289 g/mol. The lowest BCUT2D eigenvalue weighted by Crippen LogP contribution is -2.33. The molecular weight excluding hydrogens is 266 g/mol. The van der Waals surface area contributed by atoms with Crippen LogP contribution < -0.4 is 11.1 Å². The Morgan fingerprint density at radius 1 is 1.33 bits per heavy atom. The number of nitrogens with zero attached hydrogens (tertiary/aromatic N) is 3. The van der Waals surface area contributed by atoms with Crippen molar-refractivity contribution in [2.45, 2.75) is 40.7 Å². The smallest absolute Gasteiger partial charge is 0.242 e. The van der Waals surface area contributed by atoms with E-state index in [4.69, 9.17) is 5.73 Å². The van der Waals surface area contributed by atoms with Gasteiger partial charge >= 0.3 is 0 Å². The molecule has 114 valence electrons. The van der Waals surface area contributed by atoms with Crippen LogP contribution in [0.3, 0.4) is 0 Å². The summed E-state index contributed by atoms with van der Waals surface area (Å²) in [6.07, 6.45) is 1.44. The fourth-order valence-corrected chi connectivity index (χ4v) is 2.50. The molecule has 1 unspecified atom stereocenters. The van der Waals surface area contributed by atoms with Crippen LogP contribution in [0.2, 0.25) is 0 Å². The molecule has 6 nitrogen and oxygen atoms in total. The van der Waals surface area contributed by atoms with Gasteiger partial charge in [0.2, 0.25) is 5.91 Å². The molecule has 21 heavy (non-hydrogen) atoms. The summed E-state index contributed by atoms with van der Waals surface area (Å²) in [6, 6.07) is -0.339. The molecule has 0 aliphatic carbocycles. The fourth-order valence-electron chi connectivity index (χ4n) is 2.50. The molecule has 2 aromatic rings. The SMILES string of the molecule is Cc1c(C)n(C(C)C(=O)NCC(C)C)c2ncnc(N)c12. The molecule has 6 heteroatoms. The Hall–Kier alpha value is -2.11. The molecule has 0 radical (unpaired) electrons. The minimum atomic E-state index is -0.339. The van der Waals surface area contributed by atoms with Crippen molar-refractivity contribution in [1.82, 2.24) is 19.9 Å². The van der Waals surface area contributed by atoms with E-state index in [-0.39, 0.29) is 11.9 Å². The van der Waals surface area contributed by atoms with E-state index >= 15 is 0 Å². The first kappa shape index (κ1) is 15.3. The van der Waals surface area contributed by atoms with E-state index in [2.05, 4.69) is 29.1 Å². The van der Waals surface area contributed by atoms with Crippen molar-refractivity contribution in [3.63, 3.8) is 0 Å². The molecule has 0 bridgehead atoms. The van der Waals surface area contributed by atoms with Crippen molar-refractivity contribution in [2.75, 3.05) is 12.3 Å². The van der Waals surface area contributed by atoms with E-state index in [1.54, 1.807) is 0 Å². The maximum Gasteiger partial charge on any atom is 0.242 e. The number of aromatic nitrogens is 3. The van der Waals surface area contributed by atoms with Crippen molar-refractivity contribution in [2.24, 2.45) is 5.92 Å². The van der Waals surface area contributed by atoms with E-state index in [1.165, 1.54) is 6.33 Å². The number of amides is 1. The lowest BCUT2D eigenvalue weighted by Gasteiger charge is -2.17. The number of nitrogen functional groups attached to an aromatic ring is 1. The number of rotatable bonds is 4. The van der Waals surface area contributed by atoms with Gasteiger partial charge in [0.25, 0.3) is 0 Å². The summed E-state index contributed by atoms with van der Waals surface area (Å²) in [6.45, 7) is 10.6. The minimum absolute atomic E-state index is 0.0131. The zero-order chi connectivity index (χ0) is 15.7. The van der Waals surface area contributed by atoms with Gasteiger partial charge in [0.15, 0.2) is 0 Å². The molecule has 2 rings (SSSR count). The zero-order valence-electron chi connectivity index (χ0n) is 13.3. The number of nitrogens with two attached hydrogens (primary N) is 1.